The predicted molar refractivity (Wildman–Crippen MR) is 76.3 cm³/mol. The third kappa shape index (κ3) is 3.82. The van der Waals surface area contributed by atoms with Gasteiger partial charge in [-0.25, -0.2) is 0 Å². The Morgan fingerprint density at radius 2 is 2.33 bits per heavy atom. The first-order valence-electron chi connectivity index (χ1n) is 6.43. The van der Waals surface area contributed by atoms with Crippen LogP contribution in [0.25, 0.3) is 0 Å². The van der Waals surface area contributed by atoms with Gasteiger partial charge in [0.05, 0.1) is 0 Å². The van der Waals surface area contributed by atoms with E-state index in [9.17, 15) is 4.79 Å². The van der Waals surface area contributed by atoms with Crippen LogP contribution in [-0.2, 0) is 4.79 Å². The maximum Gasteiger partial charge on any atom is 0.221 e. The minimum absolute atomic E-state index is 0.159. The van der Waals surface area contributed by atoms with Crippen LogP contribution in [0.15, 0.2) is 28.7 Å². The number of halogens is 1. The first-order chi connectivity index (χ1) is 8.65. The highest BCUT2D eigenvalue weighted by molar-refractivity contribution is 9.10. The molecule has 3 nitrogen and oxygen atoms in total. The molecule has 0 radical (unpaired) electrons. The molecule has 1 aromatic carbocycles. The number of rotatable bonds is 3. The summed E-state index contributed by atoms with van der Waals surface area (Å²) in [6.07, 6.45) is 2.68. The van der Waals surface area contributed by atoms with Gasteiger partial charge in [0.15, 0.2) is 0 Å². The van der Waals surface area contributed by atoms with Crippen molar-refractivity contribution in [2.45, 2.75) is 38.3 Å². The predicted octanol–water partition coefficient (Wildman–Crippen LogP) is 2.77. The van der Waals surface area contributed by atoms with Gasteiger partial charge in [-0.1, -0.05) is 28.1 Å². The van der Waals surface area contributed by atoms with Crippen LogP contribution in [0.1, 0.15) is 37.8 Å². The Morgan fingerprint density at radius 3 is 3.11 bits per heavy atom. The highest BCUT2D eigenvalue weighted by Gasteiger charge is 2.19. The summed E-state index contributed by atoms with van der Waals surface area (Å²) in [5.74, 6) is 0.159. The van der Waals surface area contributed by atoms with Crippen LogP contribution in [0.4, 0.5) is 0 Å². The van der Waals surface area contributed by atoms with E-state index in [2.05, 4.69) is 45.6 Å². The lowest BCUT2D eigenvalue weighted by Gasteiger charge is -2.21. The molecule has 1 aromatic rings. The van der Waals surface area contributed by atoms with Crippen LogP contribution in [0, 0.1) is 0 Å². The van der Waals surface area contributed by atoms with Crippen LogP contribution in [0.3, 0.4) is 0 Å². The Labute approximate surface area is 116 Å². The van der Waals surface area contributed by atoms with Crippen LogP contribution in [0.5, 0.6) is 0 Å². The summed E-state index contributed by atoms with van der Waals surface area (Å²) in [6, 6.07) is 8.83. The van der Waals surface area contributed by atoms with E-state index in [-0.39, 0.29) is 18.0 Å². The zero-order valence-electron chi connectivity index (χ0n) is 10.6. The lowest BCUT2D eigenvalue weighted by Crippen LogP contribution is -2.34. The van der Waals surface area contributed by atoms with Crippen molar-refractivity contribution in [1.29, 1.82) is 0 Å². The number of carbonyl (C=O) groups excluding carboxylic acids is 1. The molecule has 4 heteroatoms. The van der Waals surface area contributed by atoms with Crippen LogP contribution in [-0.4, -0.2) is 18.5 Å². The molecule has 1 aliphatic rings. The summed E-state index contributed by atoms with van der Waals surface area (Å²) >= 11 is 3.49. The normalized spacial score (nSPS) is 22.1. The van der Waals surface area contributed by atoms with Gasteiger partial charge in [0.1, 0.15) is 0 Å². The number of benzene rings is 1. The van der Waals surface area contributed by atoms with Crippen molar-refractivity contribution in [3.8, 4) is 0 Å². The standard InChI is InChI=1S/C14H19BrN2O/c1-10(11-4-2-5-12(15)8-11)17-13-6-3-7-16-14(18)9-13/h2,4-5,8,10,13,17H,3,6-7,9H2,1H3,(H,16,18)/t10-,13?/m1/s1. The average molecular weight is 311 g/mol. The highest BCUT2D eigenvalue weighted by Crippen LogP contribution is 2.19. The zero-order chi connectivity index (χ0) is 13.0. The second-order valence-corrected chi connectivity index (χ2v) is 5.75. The monoisotopic (exact) mass is 310 g/mol. The lowest BCUT2D eigenvalue weighted by atomic mass is 10.0. The molecule has 1 unspecified atom stereocenters. The van der Waals surface area contributed by atoms with Crippen molar-refractivity contribution in [2.24, 2.45) is 0 Å². The number of nitrogens with one attached hydrogen (secondary N) is 2. The second kappa shape index (κ2) is 6.34. The van der Waals surface area contributed by atoms with E-state index in [1.54, 1.807) is 0 Å². The van der Waals surface area contributed by atoms with E-state index < -0.39 is 0 Å². The third-order valence-corrected chi connectivity index (χ3v) is 3.81. The molecule has 18 heavy (non-hydrogen) atoms. The SMILES string of the molecule is C[C@@H](NC1CCCNC(=O)C1)c1cccc(Br)c1. The maximum atomic E-state index is 11.5. The minimum Gasteiger partial charge on any atom is -0.356 e. The molecule has 0 aliphatic carbocycles. The van der Waals surface area contributed by atoms with Crippen molar-refractivity contribution in [3.63, 3.8) is 0 Å². The van der Waals surface area contributed by atoms with E-state index in [1.165, 1.54) is 5.56 Å². The van der Waals surface area contributed by atoms with Gasteiger partial charge < -0.3 is 10.6 Å². The van der Waals surface area contributed by atoms with E-state index in [0.717, 1.165) is 23.9 Å². The van der Waals surface area contributed by atoms with Gasteiger partial charge in [-0.2, -0.15) is 0 Å². The van der Waals surface area contributed by atoms with Gasteiger partial charge in [-0.05, 0) is 37.5 Å². The lowest BCUT2D eigenvalue weighted by molar-refractivity contribution is -0.121. The van der Waals surface area contributed by atoms with E-state index in [0.29, 0.717) is 6.42 Å². The summed E-state index contributed by atoms with van der Waals surface area (Å²) < 4.78 is 1.09. The van der Waals surface area contributed by atoms with E-state index in [1.807, 2.05) is 12.1 Å². The van der Waals surface area contributed by atoms with Crippen molar-refractivity contribution in [3.05, 3.63) is 34.3 Å². The molecule has 1 heterocycles. The molecule has 1 amide bonds. The second-order valence-electron chi connectivity index (χ2n) is 4.84. The Bertz CT molecular complexity index is 422. The van der Waals surface area contributed by atoms with Crippen molar-refractivity contribution < 1.29 is 4.79 Å². The van der Waals surface area contributed by atoms with Crippen LogP contribution < -0.4 is 10.6 Å². The molecule has 98 valence electrons. The highest BCUT2D eigenvalue weighted by atomic mass is 79.9. The van der Waals surface area contributed by atoms with Gasteiger partial charge in [0.2, 0.25) is 5.91 Å². The number of hydrogen-bond donors (Lipinski definition) is 2. The van der Waals surface area contributed by atoms with E-state index in [4.69, 9.17) is 0 Å². The largest absolute Gasteiger partial charge is 0.356 e. The van der Waals surface area contributed by atoms with Gasteiger partial charge >= 0.3 is 0 Å². The molecule has 0 spiro atoms. The quantitative estimate of drug-likeness (QED) is 0.901. The molecule has 1 saturated heterocycles. The Hall–Kier alpha value is -0.870. The van der Waals surface area contributed by atoms with Gasteiger partial charge in [-0.3, -0.25) is 4.79 Å². The minimum atomic E-state index is 0.159. The third-order valence-electron chi connectivity index (χ3n) is 3.32. The molecule has 0 bridgehead atoms. The van der Waals surface area contributed by atoms with E-state index >= 15 is 0 Å². The Morgan fingerprint density at radius 1 is 1.50 bits per heavy atom. The van der Waals surface area contributed by atoms with Gasteiger partial charge in [0, 0.05) is 29.5 Å². The number of amides is 1. The van der Waals surface area contributed by atoms with Crippen molar-refractivity contribution in [1.82, 2.24) is 10.6 Å². The summed E-state index contributed by atoms with van der Waals surface area (Å²) in [7, 11) is 0. The number of hydrogen-bond acceptors (Lipinski definition) is 2. The fourth-order valence-corrected chi connectivity index (χ4v) is 2.76. The molecule has 2 atom stereocenters. The average Bonchev–Trinajstić information content (AvgIpc) is 2.53. The molecular formula is C14H19BrN2O. The smallest absolute Gasteiger partial charge is 0.221 e. The maximum absolute atomic E-state index is 11.5. The summed E-state index contributed by atoms with van der Waals surface area (Å²) in [5, 5.41) is 6.46. The summed E-state index contributed by atoms with van der Waals surface area (Å²) in [4.78, 5) is 11.5. The van der Waals surface area contributed by atoms with Crippen molar-refractivity contribution in [2.75, 3.05) is 6.54 Å². The fourth-order valence-electron chi connectivity index (χ4n) is 2.34. The molecular weight excluding hydrogens is 292 g/mol. The summed E-state index contributed by atoms with van der Waals surface area (Å²) in [6.45, 7) is 2.95. The molecule has 1 aliphatic heterocycles. The summed E-state index contributed by atoms with van der Waals surface area (Å²) in [5.41, 5.74) is 1.24. The van der Waals surface area contributed by atoms with Crippen LogP contribution in [0.2, 0.25) is 0 Å². The molecule has 0 aromatic heterocycles. The fraction of sp³-hybridized carbons (Fsp3) is 0.500. The molecule has 2 N–H and O–H groups in total. The molecule has 2 rings (SSSR count). The molecule has 1 fully saturated rings. The first-order valence-corrected chi connectivity index (χ1v) is 7.22. The Balaban J connectivity index is 1.97. The van der Waals surface area contributed by atoms with Crippen molar-refractivity contribution >= 4 is 21.8 Å². The van der Waals surface area contributed by atoms with Gasteiger partial charge in [0.25, 0.3) is 0 Å². The zero-order valence-corrected chi connectivity index (χ0v) is 12.2. The van der Waals surface area contributed by atoms with Gasteiger partial charge in [-0.15, -0.1) is 0 Å². The Kier molecular flexibility index (Phi) is 4.78. The first kappa shape index (κ1) is 13.6. The number of carbonyl (C=O) groups is 1. The topological polar surface area (TPSA) is 41.1 Å². The van der Waals surface area contributed by atoms with Crippen LogP contribution >= 0.6 is 15.9 Å². The molecule has 0 saturated carbocycles.